The fourth-order valence-corrected chi connectivity index (χ4v) is 3.40. The fourth-order valence-electron chi connectivity index (χ4n) is 2.76. The van der Waals surface area contributed by atoms with E-state index in [1.807, 2.05) is 60.0 Å². The first kappa shape index (κ1) is 18.1. The molecule has 26 heavy (non-hydrogen) atoms. The molecule has 1 atom stereocenters. The van der Waals surface area contributed by atoms with Crippen LogP contribution in [0.3, 0.4) is 0 Å². The lowest BCUT2D eigenvalue weighted by molar-refractivity contribution is -0.139. The summed E-state index contributed by atoms with van der Waals surface area (Å²) in [5, 5.41) is 19.5. The number of thiophene rings is 1. The number of aliphatic hydroxyl groups is 1. The van der Waals surface area contributed by atoms with Gasteiger partial charge in [0.15, 0.2) is 0 Å². The quantitative estimate of drug-likeness (QED) is 0.586. The molecular formula is C20H20N2O3S. The smallest absolute Gasteiger partial charge is 0.309 e. The van der Waals surface area contributed by atoms with E-state index >= 15 is 0 Å². The summed E-state index contributed by atoms with van der Waals surface area (Å²) in [6.45, 7) is 0.554. The lowest BCUT2D eigenvalue weighted by Crippen LogP contribution is -2.40. The molecule has 2 aromatic carbocycles. The topological polar surface area (TPSA) is 78.4 Å². The van der Waals surface area contributed by atoms with Crippen molar-refractivity contribution in [3.8, 4) is 0 Å². The summed E-state index contributed by atoms with van der Waals surface area (Å²) < 4.78 is 0. The molecule has 0 saturated carbocycles. The highest BCUT2D eigenvalue weighted by Crippen LogP contribution is 2.25. The first-order chi connectivity index (χ1) is 12.6. The van der Waals surface area contributed by atoms with E-state index in [0.717, 1.165) is 21.2 Å². The summed E-state index contributed by atoms with van der Waals surface area (Å²) in [5.41, 5.74) is 0.819. The van der Waals surface area contributed by atoms with Gasteiger partial charge in [0.2, 0.25) is 0 Å². The zero-order chi connectivity index (χ0) is 18.4. The van der Waals surface area contributed by atoms with Crippen molar-refractivity contribution in [1.82, 2.24) is 10.6 Å². The van der Waals surface area contributed by atoms with Gasteiger partial charge in [-0.2, -0.15) is 0 Å². The van der Waals surface area contributed by atoms with Gasteiger partial charge < -0.3 is 15.7 Å². The third-order valence-corrected chi connectivity index (χ3v) is 4.97. The second kappa shape index (κ2) is 8.60. The predicted molar refractivity (Wildman–Crippen MR) is 103 cm³/mol. The Morgan fingerprint density at radius 1 is 0.962 bits per heavy atom. The van der Waals surface area contributed by atoms with Gasteiger partial charge in [-0.25, -0.2) is 0 Å². The number of carbonyl (C=O) groups is 2. The van der Waals surface area contributed by atoms with Crippen LogP contribution in [0.15, 0.2) is 60.0 Å². The van der Waals surface area contributed by atoms with Gasteiger partial charge in [-0.3, -0.25) is 9.59 Å². The number of amides is 2. The van der Waals surface area contributed by atoms with Gasteiger partial charge in [-0.15, -0.1) is 11.3 Å². The number of rotatable bonds is 6. The van der Waals surface area contributed by atoms with Crippen LogP contribution in [-0.2, 0) is 16.1 Å². The standard InChI is InChI=1S/C20H20N2O3S/c23-18(17-9-3-6-14-5-1-2-8-16(14)17)10-11-21-19(24)20(25)22-13-15-7-4-12-26-15/h1-9,12,18,23H,10-11,13H2,(H,21,24)(H,22,25). The Bertz CT molecular complexity index is 888. The molecule has 1 aromatic heterocycles. The normalized spacial score (nSPS) is 11.9. The first-order valence-corrected chi connectivity index (χ1v) is 9.27. The second-order valence-electron chi connectivity index (χ2n) is 5.89. The molecule has 0 fully saturated rings. The molecule has 2 amide bonds. The maximum absolute atomic E-state index is 11.8. The predicted octanol–water partition coefficient (Wildman–Crippen LogP) is 2.76. The maximum atomic E-state index is 11.8. The molecule has 3 N–H and O–H groups in total. The van der Waals surface area contributed by atoms with E-state index in [1.165, 1.54) is 11.3 Å². The van der Waals surface area contributed by atoms with Crippen molar-refractivity contribution in [2.75, 3.05) is 6.54 Å². The molecule has 3 aromatic rings. The molecule has 0 aliphatic heterocycles. The minimum atomic E-state index is -0.712. The summed E-state index contributed by atoms with van der Waals surface area (Å²) in [4.78, 5) is 24.6. The van der Waals surface area contributed by atoms with Crippen molar-refractivity contribution in [3.63, 3.8) is 0 Å². The Morgan fingerprint density at radius 3 is 2.54 bits per heavy atom. The molecule has 5 nitrogen and oxygen atoms in total. The molecule has 6 heteroatoms. The highest BCUT2D eigenvalue weighted by atomic mass is 32.1. The lowest BCUT2D eigenvalue weighted by atomic mass is 9.99. The van der Waals surface area contributed by atoms with Crippen molar-refractivity contribution < 1.29 is 14.7 Å². The number of hydrogen-bond donors (Lipinski definition) is 3. The minimum Gasteiger partial charge on any atom is -0.388 e. The van der Waals surface area contributed by atoms with Gasteiger partial charge >= 0.3 is 11.8 Å². The maximum Gasteiger partial charge on any atom is 0.309 e. The zero-order valence-corrected chi connectivity index (χ0v) is 15.0. The van der Waals surface area contributed by atoms with Crippen molar-refractivity contribution in [3.05, 3.63) is 70.4 Å². The molecule has 1 heterocycles. The summed E-state index contributed by atoms with van der Waals surface area (Å²) in [6, 6.07) is 17.4. The number of hydrogen-bond acceptors (Lipinski definition) is 4. The molecule has 0 radical (unpaired) electrons. The highest BCUT2D eigenvalue weighted by molar-refractivity contribution is 7.09. The van der Waals surface area contributed by atoms with Crippen LogP contribution in [0, 0.1) is 0 Å². The van der Waals surface area contributed by atoms with Crippen molar-refractivity contribution in [1.29, 1.82) is 0 Å². The first-order valence-electron chi connectivity index (χ1n) is 8.39. The second-order valence-corrected chi connectivity index (χ2v) is 6.92. The van der Waals surface area contributed by atoms with Crippen LogP contribution in [0.25, 0.3) is 10.8 Å². The summed E-state index contributed by atoms with van der Waals surface area (Å²) in [7, 11) is 0. The average molecular weight is 368 g/mol. The lowest BCUT2D eigenvalue weighted by Gasteiger charge is -2.14. The van der Waals surface area contributed by atoms with Crippen LogP contribution in [-0.4, -0.2) is 23.5 Å². The molecule has 0 aliphatic carbocycles. The van der Waals surface area contributed by atoms with E-state index in [-0.39, 0.29) is 6.54 Å². The van der Waals surface area contributed by atoms with Gasteiger partial charge in [0.25, 0.3) is 0 Å². The van der Waals surface area contributed by atoms with Crippen LogP contribution in [0.5, 0.6) is 0 Å². The van der Waals surface area contributed by atoms with Crippen LogP contribution >= 0.6 is 11.3 Å². The Morgan fingerprint density at radius 2 is 1.73 bits per heavy atom. The van der Waals surface area contributed by atoms with Crippen molar-refractivity contribution >= 4 is 33.9 Å². The number of nitrogens with one attached hydrogen (secondary N) is 2. The number of carbonyl (C=O) groups excluding carboxylic acids is 2. The van der Waals surface area contributed by atoms with Gasteiger partial charge in [0.1, 0.15) is 0 Å². The van der Waals surface area contributed by atoms with E-state index in [4.69, 9.17) is 0 Å². The minimum absolute atomic E-state index is 0.218. The van der Waals surface area contributed by atoms with Gasteiger partial charge in [0, 0.05) is 11.4 Å². The van der Waals surface area contributed by atoms with E-state index in [1.54, 1.807) is 0 Å². The van der Waals surface area contributed by atoms with E-state index in [0.29, 0.717) is 13.0 Å². The summed E-state index contributed by atoms with van der Waals surface area (Å²) in [5.74, 6) is -1.36. The van der Waals surface area contributed by atoms with E-state index in [9.17, 15) is 14.7 Å². The Hall–Kier alpha value is -2.70. The molecular weight excluding hydrogens is 348 g/mol. The molecule has 0 saturated heterocycles. The number of fused-ring (bicyclic) bond motifs is 1. The SMILES string of the molecule is O=C(NCCC(O)c1cccc2ccccc12)C(=O)NCc1cccs1. The van der Waals surface area contributed by atoms with Crippen LogP contribution < -0.4 is 10.6 Å². The number of benzene rings is 2. The van der Waals surface area contributed by atoms with Crippen molar-refractivity contribution in [2.24, 2.45) is 0 Å². The van der Waals surface area contributed by atoms with E-state index < -0.39 is 17.9 Å². The number of aliphatic hydroxyl groups excluding tert-OH is 1. The Balaban J connectivity index is 1.49. The van der Waals surface area contributed by atoms with E-state index in [2.05, 4.69) is 10.6 Å². The van der Waals surface area contributed by atoms with Crippen LogP contribution in [0.1, 0.15) is 23.0 Å². The fraction of sp³-hybridized carbons (Fsp3) is 0.200. The third-order valence-electron chi connectivity index (χ3n) is 4.10. The third kappa shape index (κ3) is 4.47. The highest BCUT2D eigenvalue weighted by Gasteiger charge is 2.15. The molecule has 3 rings (SSSR count). The summed E-state index contributed by atoms with van der Waals surface area (Å²) >= 11 is 1.52. The van der Waals surface area contributed by atoms with Crippen molar-refractivity contribution in [2.45, 2.75) is 19.1 Å². The van der Waals surface area contributed by atoms with Gasteiger partial charge in [-0.1, -0.05) is 48.5 Å². The Labute approximate surface area is 155 Å². The molecule has 0 aliphatic rings. The molecule has 134 valence electrons. The van der Waals surface area contributed by atoms with Gasteiger partial charge in [0.05, 0.1) is 12.6 Å². The summed E-state index contributed by atoms with van der Waals surface area (Å²) in [6.07, 6.45) is -0.381. The molecule has 1 unspecified atom stereocenters. The van der Waals surface area contributed by atoms with Gasteiger partial charge in [-0.05, 0) is 34.2 Å². The molecule has 0 spiro atoms. The Kier molecular flexibility index (Phi) is 5.99. The average Bonchev–Trinajstić information content (AvgIpc) is 3.19. The van der Waals surface area contributed by atoms with Crippen LogP contribution in [0.2, 0.25) is 0 Å². The van der Waals surface area contributed by atoms with Crippen LogP contribution in [0.4, 0.5) is 0 Å². The zero-order valence-electron chi connectivity index (χ0n) is 14.1. The monoisotopic (exact) mass is 368 g/mol. The molecule has 0 bridgehead atoms. The largest absolute Gasteiger partial charge is 0.388 e.